The maximum atomic E-state index is 12.5. The fraction of sp³-hybridized carbons (Fsp3) is 0.0526. The summed E-state index contributed by atoms with van der Waals surface area (Å²) in [6.07, 6.45) is 1.61. The normalized spacial score (nSPS) is 11.6. The second-order valence-corrected chi connectivity index (χ2v) is 5.90. The van der Waals surface area contributed by atoms with Gasteiger partial charge in [0.2, 0.25) is 5.91 Å². The highest BCUT2D eigenvalue weighted by Crippen LogP contribution is 2.36. The van der Waals surface area contributed by atoms with Gasteiger partial charge in [-0.3, -0.25) is 30.3 Å². The first-order chi connectivity index (χ1) is 12.6. The number of benzene rings is 2. The highest BCUT2D eigenvalue weighted by Gasteiger charge is 2.27. The van der Waals surface area contributed by atoms with E-state index in [1.807, 2.05) is 18.2 Å². The highest BCUT2D eigenvalue weighted by molar-refractivity contribution is 6.22. The average molecular weight is 346 g/mol. The molecule has 26 heavy (non-hydrogen) atoms. The van der Waals surface area contributed by atoms with Crippen LogP contribution in [-0.4, -0.2) is 27.8 Å². The molecule has 1 aliphatic rings. The van der Waals surface area contributed by atoms with Crippen LogP contribution < -0.4 is 10.9 Å². The zero-order chi connectivity index (χ0) is 18.1. The first kappa shape index (κ1) is 15.8. The number of aromatic nitrogens is 2. The number of hydrogen-bond donors (Lipinski definition) is 3. The van der Waals surface area contributed by atoms with Gasteiger partial charge < -0.3 is 0 Å². The Kier molecular flexibility index (Phi) is 3.81. The Morgan fingerprint density at radius 1 is 0.923 bits per heavy atom. The predicted molar refractivity (Wildman–Crippen MR) is 93.2 cm³/mol. The van der Waals surface area contributed by atoms with Gasteiger partial charge in [-0.1, -0.05) is 30.3 Å². The van der Waals surface area contributed by atoms with Crippen molar-refractivity contribution in [3.8, 4) is 11.1 Å². The van der Waals surface area contributed by atoms with E-state index in [1.165, 1.54) is 0 Å². The molecule has 4 rings (SSSR count). The minimum absolute atomic E-state index is 0.0677. The lowest BCUT2D eigenvalue weighted by atomic mass is 10.0. The lowest BCUT2D eigenvalue weighted by molar-refractivity contribution is -0.121. The molecule has 0 saturated carbocycles. The van der Waals surface area contributed by atoms with E-state index in [0.717, 1.165) is 11.1 Å². The Bertz CT molecular complexity index is 1030. The van der Waals surface area contributed by atoms with Crippen LogP contribution in [0.15, 0.2) is 54.7 Å². The van der Waals surface area contributed by atoms with Crippen molar-refractivity contribution in [2.75, 3.05) is 0 Å². The molecule has 0 saturated heterocycles. The summed E-state index contributed by atoms with van der Waals surface area (Å²) in [6, 6.07) is 13.9. The van der Waals surface area contributed by atoms with Crippen LogP contribution in [0, 0.1) is 0 Å². The van der Waals surface area contributed by atoms with E-state index in [2.05, 4.69) is 21.0 Å². The van der Waals surface area contributed by atoms with Crippen LogP contribution >= 0.6 is 0 Å². The van der Waals surface area contributed by atoms with Crippen LogP contribution in [0.5, 0.6) is 0 Å². The predicted octanol–water partition coefficient (Wildman–Crippen LogP) is 1.62. The molecule has 0 spiro atoms. The molecule has 0 radical (unpaired) electrons. The standard InChI is InChI=1S/C19H14N4O3/c24-17(10-12-7-8-20-21-12)22-23-19(26)11-5-6-14-13-3-1-2-4-15(13)18(25)16(14)9-11/h1-9H,10H2,(H,20,21)(H,22,24)(H,23,26). The maximum absolute atomic E-state index is 12.5. The number of H-pyrrole nitrogens is 1. The number of hydrogen-bond acceptors (Lipinski definition) is 4. The summed E-state index contributed by atoms with van der Waals surface area (Å²) in [7, 11) is 0. The minimum Gasteiger partial charge on any atom is -0.289 e. The molecule has 3 N–H and O–H groups in total. The molecule has 3 aromatic rings. The fourth-order valence-corrected chi connectivity index (χ4v) is 2.97. The van der Waals surface area contributed by atoms with Crippen LogP contribution in [0.3, 0.4) is 0 Å². The fourth-order valence-electron chi connectivity index (χ4n) is 2.97. The summed E-state index contributed by atoms with van der Waals surface area (Å²) in [4.78, 5) is 36.6. The summed E-state index contributed by atoms with van der Waals surface area (Å²) < 4.78 is 0. The number of nitrogens with zero attached hydrogens (tertiary/aromatic N) is 1. The Balaban J connectivity index is 1.47. The van der Waals surface area contributed by atoms with E-state index in [-0.39, 0.29) is 18.1 Å². The minimum atomic E-state index is -0.491. The molecule has 2 aromatic carbocycles. The molecule has 0 unspecified atom stereocenters. The number of fused-ring (bicyclic) bond motifs is 3. The van der Waals surface area contributed by atoms with Gasteiger partial charge >= 0.3 is 0 Å². The highest BCUT2D eigenvalue weighted by atomic mass is 16.2. The summed E-state index contributed by atoms with van der Waals surface area (Å²) in [5.74, 6) is -0.977. The van der Waals surface area contributed by atoms with Crippen LogP contribution in [0.25, 0.3) is 11.1 Å². The monoisotopic (exact) mass is 346 g/mol. The molecule has 7 heteroatoms. The van der Waals surface area contributed by atoms with Gasteiger partial charge in [0.25, 0.3) is 5.91 Å². The largest absolute Gasteiger partial charge is 0.289 e. The van der Waals surface area contributed by atoms with Crippen LogP contribution in [-0.2, 0) is 11.2 Å². The lowest BCUT2D eigenvalue weighted by Gasteiger charge is -2.08. The summed E-state index contributed by atoms with van der Waals surface area (Å²) >= 11 is 0. The third kappa shape index (κ3) is 2.75. The van der Waals surface area contributed by atoms with E-state index in [0.29, 0.717) is 22.4 Å². The quantitative estimate of drug-likeness (QED) is 0.490. The van der Waals surface area contributed by atoms with Gasteiger partial charge in [0.05, 0.1) is 6.42 Å². The van der Waals surface area contributed by atoms with Gasteiger partial charge in [-0.2, -0.15) is 5.10 Å². The molecule has 0 bridgehead atoms. The van der Waals surface area contributed by atoms with Crippen molar-refractivity contribution in [3.63, 3.8) is 0 Å². The Morgan fingerprint density at radius 3 is 2.46 bits per heavy atom. The van der Waals surface area contributed by atoms with Crippen molar-refractivity contribution in [2.24, 2.45) is 0 Å². The van der Waals surface area contributed by atoms with Crippen LogP contribution in [0.4, 0.5) is 0 Å². The lowest BCUT2D eigenvalue weighted by Crippen LogP contribution is -2.42. The first-order valence-electron chi connectivity index (χ1n) is 7.99. The molecule has 0 atom stereocenters. The third-order valence-electron chi connectivity index (χ3n) is 4.21. The number of aromatic amines is 1. The van der Waals surface area contributed by atoms with Gasteiger partial charge in [-0.15, -0.1) is 0 Å². The van der Waals surface area contributed by atoms with Crippen molar-refractivity contribution in [3.05, 3.63) is 77.1 Å². The van der Waals surface area contributed by atoms with E-state index < -0.39 is 5.91 Å². The van der Waals surface area contributed by atoms with Gasteiger partial charge in [0.15, 0.2) is 5.78 Å². The number of rotatable bonds is 3. The number of carbonyl (C=O) groups excluding carboxylic acids is 3. The van der Waals surface area contributed by atoms with Gasteiger partial charge in [-0.25, -0.2) is 0 Å². The molecule has 1 aliphatic carbocycles. The first-order valence-corrected chi connectivity index (χ1v) is 7.99. The molecule has 0 fully saturated rings. The average Bonchev–Trinajstić information content (AvgIpc) is 3.27. The summed E-state index contributed by atoms with van der Waals surface area (Å²) in [5.41, 5.74) is 8.43. The molecular weight excluding hydrogens is 332 g/mol. The SMILES string of the molecule is O=C(Cc1ccn[nH]1)NNC(=O)c1ccc2c(c1)C(=O)c1ccccc1-2. The van der Waals surface area contributed by atoms with Gasteiger partial charge in [0.1, 0.15) is 0 Å². The number of amides is 2. The van der Waals surface area contributed by atoms with Crippen molar-refractivity contribution in [1.82, 2.24) is 21.0 Å². The molecule has 1 aromatic heterocycles. The zero-order valence-electron chi connectivity index (χ0n) is 13.6. The molecule has 0 aliphatic heterocycles. The number of carbonyl (C=O) groups is 3. The Morgan fingerprint density at radius 2 is 1.69 bits per heavy atom. The van der Waals surface area contributed by atoms with Crippen molar-refractivity contribution in [2.45, 2.75) is 6.42 Å². The smallest absolute Gasteiger partial charge is 0.269 e. The van der Waals surface area contributed by atoms with E-state index in [9.17, 15) is 14.4 Å². The van der Waals surface area contributed by atoms with Crippen LogP contribution in [0.1, 0.15) is 32.0 Å². The number of ketones is 1. The summed E-state index contributed by atoms with van der Waals surface area (Å²) in [5, 5.41) is 6.42. The zero-order valence-corrected chi connectivity index (χ0v) is 13.6. The topological polar surface area (TPSA) is 104 Å². The van der Waals surface area contributed by atoms with Crippen molar-refractivity contribution in [1.29, 1.82) is 0 Å². The van der Waals surface area contributed by atoms with E-state index in [1.54, 1.807) is 36.5 Å². The van der Waals surface area contributed by atoms with Gasteiger partial charge in [-0.05, 0) is 29.3 Å². The van der Waals surface area contributed by atoms with Crippen molar-refractivity contribution < 1.29 is 14.4 Å². The Hall–Kier alpha value is -3.74. The number of hydrazine groups is 1. The molecular formula is C19H14N4O3. The third-order valence-corrected chi connectivity index (χ3v) is 4.21. The Labute approximate surface area is 148 Å². The maximum Gasteiger partial charge on any atom is 0.269 e. The van der Waals surface area contributed by atoms with Gasteiger partial charge in [0, 0.05) is 28.6 Å². The van der Waals surface area contributed by atoms with E-state index >= 15 is 0 Å². The molecule has 2 amide bonds. The molecule has 7 nitrogen and oxygen atoms in total. The van der Waals surface area contributed by atoms with Crippen LogP contribution in [0.2, 0.25) is 0 Å². The number of nitrogens with one attached hydrogen (secondary N) is 3. The van der Waals surface area contributed by atoms with Crippen molar-refractivity contribution >= 4 is 17.6 Å². The van der Waals surface area contributed by atoms with E-state index in [4.69, 9.17) is 0 Å². The molecule has 128 valence electrons. The summed E-state index contributed by atoms with van der Waals surface area (Å²) in [6.45, 7) is 0. The second-order valence-electron chi connectivity index (χ2n) is 5.90. The molecule has 1 heterocycles. The second kappa shape index (κ2) is 6.29.